The number of nitrogens with zero attached hydrogens (tertiary/aromatic N) is 2. The number of aromatic nitrogens is 1. The normalized spacial score (nSPS) is 16.2. The van der Waals surface area contributed by atoms with Gasteiger partial charge in [0.25, 0.3) is 0 Å². The van der Waals surface area contributed by atoms with Crippen LogP contribution in [0.1, 0.15) is 36.7 Å². The summed E-state index contributed by atoms with van der Waals surface area (Å²) in [6.45, 7) is 4.75. The van der Waals surface area contributed by atoms with E-state index in [0.717, 1.165) is 24.7 Å². The van der Waals surface area contributed by atoms with Crippen molar-refractivity contribution in [2.45, 2.75) is 26.2 Å². The fourth-order valence-corrected chi connectivity index (χ4v) is 2.38. The highest BCUT2D eigenvalue weighted by Crippen LogP contribution is 2.27. The van der Waals surface area contributed by atoms with E-state index in [1.807, 2.05) is 29.9 Å². The van der Waals surface area contributed by atoms with Gasteiger partial charge in [-0.15, -0.1) is 0 Å². The summed E-state index contributed by atoms with van der Waals surface area (Å²) < 4.78 is 1.90. The zero-order valence-electron chi connectivity index (χ0n) is 10.9. The van der Waals surface area contributed by atoms with Crippen LogP contribution in [-0.2, 0) is 7.05 Å². The second kappa shape index (κ2) is 5.50. The fourth-order valence-electron chi connectivity index (χ4n) is 2.38. The van der Waals surface area contributed by atoms with E-state index in [1.54, 1.807) is 0 Å². The second-order valence-electron chi connectivity index (χ2n) is 5.05. The molecule has 17 heavy (non-hydrogen) atoms. The van der Waals surface area contributed by atoms with E-state index in [1.165, 1.54) is 19.3 Å². The summed E-state index contributed by atoms with van der Waals surface area (Å²) >= 11 is 0. The van der Waals surface area contributed by atoms with E-state index in [-0.39, 0.29) is 5.78 Å². The molecule has 1 saturated carbocycles. The van der Waals surface area contributed by atoms with E-state index in [9.17, 15) is 4.79 Å². The topological polar surface area (TPSA) is 25.2 Å². The van der Waals surface area contributed by atoms with Crippen molar-refractivity contribution in [1.29, 1.82) is 0 Å². The predicted octanol–water partition coefficient (Wildman–Crippen LogP) is 2.33. The number of carbonyl (C=O) groups is 1. The largest absolute Gasteiger partial charge is 0.348 e. The highest BCUT2D eigenvalue weighted by Gasteiger charge is 2.21. The minimum Gasteiger partial charge on any atom is -0.348 e. The van der Waals surface area contributed by atoms with E-state index >= 15 is 0 Å². The lowest BCUT2D eigenvalue weighted by molar-refractivity contribution is 0.0897. The highest BCUT2D eigenvalue weighted by molar-refractivity contribution is 5.96. The lowest BCUT2D eigenvalue weighted by atomic mass is 9.85. The van der Waals surface area contributed by atoms with E-state index < -0.39 is 0 Å². The van der Waals surface area contributed by atoms with Gasteiger partial charge in [0, 0.05) is 19.8 Å². The van der Waals surface area contributed by atoms with Crippen molar-refractivity contribution in [3.05, 3.63) is 24.0 Å². The molecule has 1 fully saturated rings. The number of rotatable bonds is 6. The zero-order valence-corrected chi connectivity index (χ0v) is 10.9. The lowest BCUT2D eigenvalue weighted by Crippen LogP contribution is -2.36. The predicted molar refractivity (Wildman–Crippen MR) is 69.2 cm³/mol. The van der Waals surface area contributed by atoms with Gasteiger partial charge in [-0.25, -0.2) is 0 Å². The number of ketones is 1. The van der Waals surface area contributed by atoms with E-state index in [0.29, 0.717) is 6.54 Å². The average molecular weight is 234 g/mol. The van der Waals surface area contributed by atoms with Crippen molar-refractivity contribution in [3.63, 3.8) is 0 Å². The van der Waals surface area contributed by atoms with Crippen LogP contribution in [-0.4, -0.2) is 34.9 Å². The Kier molecular flexibility index (Phi) is 4.00. The Balaban J connectivity index is 1.89. The quantitative estimate of drug-likeness (QED) is 0.706. The molecular weight excluding hydrogens is 212 g/mol. The molecule has 94 valence electrons. The van der Waals surface area contributed by atoms with Gasteiger partial charge in [-0.05, 0) is 37.4 Å². The Morgan fingerprint density at radius 1 is 1.53 bits per heavy atom. The van der Waals surface area contributed by atoms with Crippen molar-refractivity contribution in [1.82, 2.24) is 9.47 Å². The average Bonchev–Trinajstić information content (AvgIpc) is 2.67. The molecule has 0 spiro atoms. The molecule has 1 aliphatic carbocycles. The number of Topliss-reactive ketones (excluding diaryl/α,β-unsaturated/α-hetero) is 1. The van der Waals surface area contributed by atoms with Crippen molar-refractivity contribution >= 4 is 5.78 Å². The number of hydrogen-bond donors (Lipinski definition) is 0. The van der Waals surface area contributed by atoms with Crippen molar-refractivity contribution in [2.24, 2.45) is 13.0 Å². The molecule has 0 unspecified atom stereocenters. The van der Waals surface area contributed by atoms with Crippen LogP contribution in [0.15, 0.2) is 18.3 Å². The van der Waals surface area contributed by atoms with Gasteiger partial charge < -0.3 is 4.57 Å². The van der Waals surface area contributed by atoms with Crippen molar-refractivity contribution in [3.8, 4) is 0 Å². The third-order valence-corrected chi connectivity index (χ3v) is 3.79. The SMILES string of the molecule is CCN(CC(=O)c1cccn1C)CC1CCC1. The zero-order chi connectivity index (χ0) is 12.3. The molecule has 0 bridgehead atoms. The van der Waals surface area contributed by atoms with E-state index in [2.05, 4.69) is 11.8 Å². The summed E-state index contributed by atoms with van der Waals surface area (Å²) in [6, 6.07) is 3.83. The van der Waals surface area contributed by atoms with Crippen LogP contribution in [0.4, 0.5) is 0 Å². The van der Waals surface area contributed by atoms with Crippen LogP contribution in [0, 0.1) is 5.92 Å². The third-order valence-electron chi connectivity index (χ3n) is 3.79. The Morgan fingerprint density at radius 3 is 2.76 bits per heavy atom. The molecule has 2 rings (SSSR count). The molecule has 0 saturated heterocycles. The summed E-state index contributed by atoms with van der Waals surface area (Å²) in [6.07, 6.45) is 5.98. The molecule has 0 radical (unpaired) electrons. The van der Waals surface area contributed by atoms with Crippen LogP contribution in [0.5, 0.6) is 0 Å². The summed E-state index contributed by atoms with van der Waals surface area (Å²) in [5, 5.41) is 0. The maximum Gasteiger partial charge on any atom is 0.193 e. The van der Waals surface area contributed by atoms with Gasteiger partial charge in [-0.2, -0.15) is 0 Å². The Morgan fingerprint density at radius 2 is 2.29 bits per heavy atom. The van der Waals surface area contributed by atoms with Gasteiger partial charge >= 0.3 is 0 Å². The third kappa shape index (κ3) is 2.97. The summed E-state index contributed by atoms with van der Waals surface area (Å²) in [5.41, 5.74) is 0.817. The summed E-state index contributed by atoms with van der Waals surface area (Å²) in [5.74, 6) is 1.06. The molecule has 1 aromatic heterocycles. The fraction of sp³-hybridized carbons (Fsp3) is 0.643. The minimum absolute atomic E-state index is 0.235. The molecule has 0 aliphatic heterocycles. The summed E-state index contributed by atoms with van der Waals surface area (Å²) in [4.78, 5) is 14.4. The minimum atomic E-state index is 0.235. The molecule has 0 aromatic carbocycles. The molecule has 0 N–H and O–H groups in total. The first-order valence-corrected chi connectivity index (χ1v) is 6.57. The Labute approximate surface area is 103 Å². The first-order valence-electron chi connectivity index (χ1n) is 6.57. The monoisotopic (exact) mass is 234 g/mol. The molecule has 3 nitrogen and oxygen atoms in total. The van der Waals surface area contributed by atoms with Crippen LogP contribution >= 0.6 is 0 Å². The molecule has 1 aliphatic rings. The van der Waals surface area contributed by atoms with Crippen LogP contribution in [0.2, 0.25) is 0 Å². The van der Waals surface area contributed by atoms with Crippen molar-refractivity contribution in [2.75, 3.05) is 19.6 Å². The van der Waals surface area contributed by atoms with Gasteiger partial charge in [0.2, 0.25) is 0 Å². The standard InChI is InChI=1S/C14H22N2O/c1-3-16(10-12-6-4-7-12)11-14(17)13-8-5-9-15(13)2/h5,8-9,12H,3-4,6-7,10-11H2,1-2H3. The Bertz CT molecular complexity index is 379. The van der Waals surface area contributed by atoms with Gasteiger partial charge in [0.05, 0.1) is 12.2 Å². The second-order valence-corrected chi connectivity index (χ2v) is 5.05. The number of carbonyl (C=O) groups excluding carboxylic acids is 1. The molecule has 1 heterocycles. The summed E-state index contributed by atoms with van der Waals surface area (Å²) in [7, 11) is 1.93. The lowest BCUT2D eigenvalue weighted by Gasteiger charge is -2.31. The first-order chi connectivity index (χ1) is 8.20. The maximum absolute atomic E-state index is 12.1. The molecule has 0 amide bonds. The highest BCUT2D eigenvalue weighted by atomic mass is 16.1. The van der Waals surface area contributed by atoms with Crippen LogP contribution in [0.25, 0.3) is 0 Å². The maximum atomic E-state index is 12.1. The number of hydrogen-bond acceptors (Lipinski definition) is 2. The van der Waals surface area contributed by atoms with Gasteiger partial charge in [0.15, 0.2) is 5.78 Å². The first kappa shape index (κ1) is 12.4. The molecule has 3 heteroatoms. The van der Waals surface area contributed by atoms with Gasteiger partial charge in [-0.3, -0.25) is 9.69 Å². The Hall–Kier alpha value is -1.09. The van der Waals surface area contributed by atoms with Crippen LogP contribution < -0.4 is 0 Å². The smallest absolute Gasteiger partial charge is 0.193 e. The van der Waals surface area contributed by atoms with Crippen molar-refractivity contribution < 1.29 is 4.79 Å². The number of aryl methyl sites for hydroxylation is 1. The molecule has 1 aromatic rings. The molecule has 0 atom stereocenters. The molecular formula is C14H22N2O. The van der Waals surface area contributed by atoms with Gasteiger partial charge in [-0.1, -0.05) is 13.3 Å². The van der Waals surface area contributed by atoms with E-state index in [4.69, 9.17) is 0 Å². The van der Waals surface area contributed by atoms with Crippen LogP contribution in [0.3, 0.4) is 0 Å². The van der Waals surface area contributed by atoms with Gasteiger partial charge in [0.1, 0.15) is 0 Å². The number of likely N-dealkylation sites (N-methyl/N-ethyl adjacent to an activating group) is 1.